The van der Waals surface area contributed by atoms with Crippen LogP contribution < -0.4 is 5.32 Å². The van der Waals surface area contributed by atoms with Gasteiger partial charge in [0.15, 0.2) is 5.65 Å². The van der Waals surface area contributed by atoms with Gasteiger partial charge >= 0.3 is 0 Å². The minimum atomic E-state index is -0.505. The lowest BCUT2D eigenvalue weighted by Crippen LogP contribution is -2.13. The number of nitro groups is 1. The van der Waals surface area contributed by atoms with E-state index in [1.54, 1.807) is 23.0 Å². The van der Waals surface area contributed by atoms with E-state index in [1.807, 2.05) is 33.8 Å². The minimum absolute atomic E-state index is 0.0418. The second-order valence-corrected chi connectivity index (χ2v) is 7.56. The molecule has 0 spiro atoms. The summed E-state index contributed by atoms with van der Waals surface area (Å²) in [6.45, 7) is 7.66. The lowest BCUT2D eigenvalue weighted by molar-refractivity contribution is -0.384. The number of pyridine rings is 1. The Kier molecular flexibility index (Phi) is 5.02. The molecule has 9 heteroatoms. The molecule has 31 heavy (non-hydrogen) atoms. The van der Waals surface area contributed by atoms with E-state index in [-0.39, 0.29) is 11.7 Å². The lowest BCUT2D eigenvalue weighted by Gasteiger charge is -2.11. The van der Waals surface area contributed by atoms with E-state index in [1.165, 1.54) is 18.2 Å². The van der Waals surface area contributed by atoms with Crippen molar-refractivity contribution in [3.8, 4) is 11.3 Å². The number of aryl methyl sites for hydroxylation is 2. The number of fused-ring (bicyclic) bond motifs is 1. The Morgan fingerprint density at radius 2 is 2.00 bits per heavy atom. The predicted octanol–water partition coefficient (Wildman–Crippen LogP) is 5.05. The molecular formula is C22H21N5O4. The number of aromatic nitrogens is 3. The number of nitro benzene ring substituents is 1. The molecule has 4 rings (SSSR count). The van der Waals surface area contributed by atoms with Crippen molar-refractivity contribution < 1.29 is 14.1 Å². The van der Waals surface area contributed by atoms with Gasteiger partial charge in [0.2, 0.25) is 0 Å². The summed E-state index contributed by atoms with van der Waals surface area (Å²) in [5.41, 5.74) is 2.56. The Morgan fingerprint density at radius 3 is 2.65 bits per heavy atom. The average molecular weight is 419 g/mol. The summed E-state index contributed by atoms with van der Waals surface area (Å²) in [4.78, 5) is 28.5. The van der Waals surface area contributed by atoms with Crippen molar-refractivity contribution in [2.45, 2.75) is 33.7 Å². The molecule has 0 saturated heterocycles. The molecule has 0 fully saturated rings. The van der Waals surface area contributed by atoms with Crippen LogP contribution in [0.25, 0.3) is 22.3 Å². The number of nitrogens with one attached hydrogen (secondary N) is 1. The summed E-state index contributed by atoms with van der Waals surface area (Å²) in [7, 11) is 0. The van der Waals surface area contributed by atoms with Crippen LogP contribution in [-0.4, -0.2) is 25.6 Å². The molecule has 1 aromatic carbocycles. The van der Waals surface area contributed by atoms with E-state index in [4.69, 9.17) is 9.40 Å². The van der Waals surface area contributed by atoms with Gasteiger partial charge in [0.05, 0.1) is 27.8 Å². The fourth-order valence-corrected chi connectivity index (χ4v) is 3.50. The van der Waals surface area contributed by atoms with Gasteiger partial charge in [-0.2, -0.15) is 5.10 Å². The molecule has 0 aliphatic rings. The number of rotatable bonds is 5. The third-order valence-corrected chi connectivity index (χ3v) is 4.93. The molecule has 0 aliphatic heterocycles. The number of anilines is 1. The first-order valence-electron chi connectivity index (χ1n) is 9.76. The van der Waals surface area contributed by atoms with Gasteiger partial charge in [-0.3, -0.25) is 14.9 Å². The van der Waals surface area contributed by atoms with Gasteiger partial charge in [0.1, 0.15) is 11.5 Å². The number of carbonyl (C=O) groups is 1. The highest BCUT2D eigenvalue weighted by atomic mass is 16.6. The first-order chi connectivity index (χ1) is 14.7. The van der Waals surface area contributed by atoms with Crippen molar-refractivity contribution in [2.75, 3.05) is 5.32 Å². The van der Waals surface area contributed by atoms with Gasteiger partial charge in [0.25, 0.3) is 11.6 Å². The summed E-state index contributed by atoms with van der Waals surface area (Å²) in [6.07, 6.45) is 1.61. The molecule has 3 heterocycles. The molecular weight excluding hydrogens is 398 g/mol. The summed E-state index contributed by atoms with van der Waals surface area (Å²) >= 11 is 0. The Morgan fingerprint density at radius 1 is 1.23 bits per heavy atom. The number of amides is 1. The topological polar surface area (TPSA) is 116 Å². The second kappa shape index (κ2) is 7.67. The van der Waals surface area contributed by atoms with Crippen LogP contribution in [0, 0.1) is 24.0 Å². The van der Waals surface area contributed by atoms with Gasteiger partial charge < -0.3 is 9.73 Å². The van der Waals surface area contributed by atoms with Gasteiger partial charge in [-0.15, -0.1) is 0 Å². The fraction of sp³-hybridized carbons (Fsp3) is 0.227. The highest BCUT2D eigenvalue weighted by Crippen LogP contribution is 2.30. The van der Waals surface area contributed by atoms with Gasteiger partial charge in [-0.1, -0.05) is 6.07 Å². The van der Waals surface area contributed by atoms with Crippen LogP contribution in [-0.2, 0) is 0 Å². The monoisotopic (exact) mass is 419 g/mol. The van der Waals surface area contributed by atoms with Crippen LogP contribution >= 0.6 is 0 Å². The highest BCUT2D eigenvalue weighted by molar-refractivity contribution is 6.12. The number of carbonyl (C=O) groups excluding carboxylic acids is 1. The quantitative estimate of drug-likeness (QED) is 0.357. The number of hydrogen-bond donors (Lipinski definition) is 1. The minimum Gasteiger partial charge on any atom is -0.466 e. The van der Waals surface area contributed by atoms with Crippen LogP contribution in [0.3, 0.4) is 0 Å². The number of benzene rings is 1. The van der Waals surface area contributed by atoms with E-state index >= 15 is 0 Å². The summed E-state index contributed by atoms with van der Waals surface area (Å²) in [6, 6.07) is 9.43. The van der Waals surface area contributed by atoms with Crippen molar-refractivity contribution >= 4 is 28.3 Å². The highest BCUT2D eigenvalue weighted by Gasteiger charge is 2.21. The molecule has 0 bridgehead atoms. The lowest BCUT2D eigenvalue weighted by atomic mass is 10.1. The molecule has 9 nitrogen and oxygen atoms in total. The Bertz CT molecular complexity index is 1320. The average Bonchev–Trinajstić information content (AvgIpc) is 3.29. The number of hydrogen-bond acceptors (Lipinski definition) is 6. The van der Waals surface area contributed by atoms with E-state index in [0.717, 1.165) is 11.3 Å². The van der Waals surface area contributed by atoms with Crippen LogP contribution in [0.2, 0.25) is 0 Å². The van der Waals surface area contributed by atoms with Crippen LogP contribution in [0.1, 0.15) is 41.8 Å². The molecule has 0 atom stereocenters. The van der Waals surface area contributed by atoms with Crippen molar-refractivity contribution in [3.63, 3.8) is 0 Å². The molecule has 1 N–H and O–H groups in total. The van der Waals surface area contributed by atoms with Crippen LogP contribution in [0.4, 0.5) is 11.4 Å². The van der Waals surface area contributed by atoms with E-state index in [0.29, 0.717) is 33.7 Å². The van der Waals surface area contributed by atoms with Crippen molar-refractivity contribution in [1.82, 2.24) is 14.8 Å². The number of non-ortho nitro benzene ring substituents is 1. The van der Waals surface area contributed by atoms with E-state index < -0.39 is 10.8 Å². The molecule has 4 aromatic rings. The Hall–Kier alpha value is -4.01. The smallest absolute Gasteiger partial charge is 0.271 e. The molecule has 3 aromatic heterocycles. The Balaban J connectivity index is 1.84. The maximum absolute atomic E-state index is 13.2. The van der Waals surface area contributed by atoms with Crippen LogP contribution in [0.15, 0.2) is 47.0 Å². The fourth-order valence-electron chi connectivity index (χ4n) is 3.50. The molecule has 0 unspecified atom stereocenters. The summed E-state index contributed by atoms with van der Waals surface area (Å²) in [5, 5.41) is 18.8. The molecule has 1 amide bonds. The zero-order valence-corrected chi connectivity index (χ0v) is 17.5. The summed E-state index contributed by atoms with van der Waals surface area (Å²) < 4.78 is 7.40. The largest absolute Gasteiger partial charge is 0.466 e. The van der Waals surface area contributed by atoms with Crippen molar-refractivity contribution in [2.24, 2.45) is 0 Å². The maximum Gasteiger partial charge on any atom is 0.271 e. The van der Waals surface area contributed by atoms with Crippen molar-refractivity contribution in [1.29, 1.82) is 0 Å². The summed E-state index contributed by atoms with van der Waals surface area (Å²) in [5.74, 6) is 1.04. The third kappa shape index (κ3) is 3.77. The standard InChI is InChI=1S/C22H21N5O4/c1-12(2)26-21-19(11-23-26)18(10-20(25-21)17-8-13(3)31-14(17)4)22(28)24-15-6-5-7-16(9-15)27(29)30/h5-12H,1-4H3,(H,24,28). The van der Waals surface area contributed by atoms with Gasteiger partial charge in [-0.25, -0.2) is 9.67 Å². The maximum atomic E-state index is 13.2. The van der Waals surface area contributed by atoms with Crippen LogP contribution in [0.5, 0.6) is 0 Å². The zero-order valence-electron chi connectivity index (χ0n) is 17.5. The molecule has 0 aliphatic carbocycles. The normalized spacial score (nSPS) is 11.3. The number of nitrogens with zero attached hydrogens (tertiary/aromatic N) is 4. The van der Waals surface area contributed by atoms with Gasteiger partial charge in [-0.05, 0) is 45.9 Å². The SMILES string of the molecule is Cc1cc(-c2cc(C(=O)Nc3cccc([N+](=O)[O-])c3)c3cnn(C(C)C)c3n2)c(C)o1. The predicted molar refractivity (Wildman–Crippen MR) is 116 cm³/mol. The third-order valence-electron chi connectivity index (χ3n) is 4.93. The molecule has 0 radical (unpaired) electrons. The first-order valence-corrected chi connectivity index (χ1v) is 9.76. The first kappa shape index (κ1) is 20.3. The van der Waals surface area contributed by atoms with Crippen molar-refractivity contribution in [3.05, 3.63) is 69.8 Å². The number of furan rings is 1. The van der Waals surface area contributed by atoms with Gasteiger partial charge in [0, 0.05) is 29.4 Å². The zero-order chi connectivity index (χ0) is 22.3. The second-order valence-electron chi connectivity index (χ2n) is 7.56. The van der Waals surface area contributed by atoms with E-state index in [9.17, 15) is 14.9 Å². The molecule has 158 valence electrons. The Labute approximate surface area is 177 Å². The molecule has 0 saturated carbocycles. The van der Waals surface area contributed by atoms with E-state index in [2.05, 4.69) is 10.4 Å².